The van der Waals surface area contributed by atoms with Crippen LogP contribution in [0.4, 0.5) is 5.69 Å². The Hall–Kier alpha value is -1.64. The van der Waals surface area contributed by atoms with E-state index in [1.165, 1.54) is 5.56 Å². The Balaban J connectivity index is 2.42. The average molecular weight is 216 g/mol. The SMILES string of the molecule is CCC1=NN(c2cccc(C)c2C)C(=O)C1. The van der Waals surface area contributed by atoms with Gasteiger partial charge in [0.25, 0.3) is 5.91 Å². The van der Waals surface area contributed by atoms with Gasteiger partial charge in [-0.05, 0) is 37.5 Å². The van der Waals surface area contributed by atoms with E-state index in [1.807, 2.05) is 39.0 Å². The van der Waals surface area contributed by atoms with E-state index in [2.05, 4.69) is 5.10 Å². The van der Waals surface area contributed by atoms with Crippen molar-refractivity contribution in [2.45, 2.75) is 33.6 Å². The molecule has 0 spiro atoms. The molecule has 1 aromatic rings. The van der Waals surface area contributed by atoms with Crippen LogP contribution in [0.1, 0.15) is 30.9 Å². The molecule has 0 bridgehead atoms. The molecule has 0 fully saturated rings. The van der Waals surface area contributed by atoms with E-state index in [9.17, 15) is 4.79 Å². The third-order valence-corrected chi connectivity index (χ3v) is 3.05. The van der Waals surface area contributed by atoms with Crippen LogP contribution in [-0.2, 0) is 4.79 Å². The summed E-state index contributed by atoms with van der Waals surface area (Å²) in [6, 6.07) is 5.95. The van der Waals surface area contributed by atoms with Gasteiger partial charge < -0.3 is 0 Å². The summed E-state index contributed by atoms with van der Waals surface area (Å²) in [5, 5.41) is 5.90. The molecule has 1 aromatic carbocycles. The zero-order valence-electron chi connectivity index (χ0n) is 9.95. The zero-order chi connectivity index (χ0) is 11.7. The van der Waals surface area contributed by atoms with Gasteiger partial charge in [0.2, 0.25) is 0 Å². The molecule has 1 aliphatic heterocycles. The third-order valence-electron chi connectivity index (χ3n) is 3.05. The van der Waals surface area contributed by atoms with Gasteiger partial charge in [-0.15, -0.1) is 0 Å². The minimum Gasteiger partial charge on any atom is -0.272 e. The molecule has 0 saturated heterocycles. The van der Waals surface area contributed by atoms with Crippen molar-refractivity contribution in [1.29, 1.82) is 0 Å². The lowest BCUT2D eigenvalue weighted by molar-refractivity contribution is -0.116. The van der Waals surface area contributed by atoms with Gasteiger partial charge in [-0.2, -0.15) is 5.10 Å². The molecule has 1 amide bonds. The number of anilines is 1. The van der Waals surface area contributed by atoms with E-state index in [4.69, 9.17) is 0 Å². The summed E-state index contributed by atoms with van der Waals surface area (Å²) >= 11 is 0. The predicted octanol–water partition coefficient (Wildman–Crippen LogP) is 2.81. The summed E-state index contributed by atoms with van der Waals surface area (Å²) in [6.45, 7) is 6.10. The maximum absolute atomic E-state index is 11.8. The normalized spacial score (nSPS) is 15.6. The Bertz CT molecular complexity index is 463. The molecule has 3 heteroatoms. The molecule has 1 aliphatic rings. The van der Waals surface area contributed by atoms with Gasteiger partial charge in [0.1, 0.15) is 0 Å². The van der Waals surface area contributed by atoms with Crippen LogP contribution in [0, 0.1) is 13.8 Å². The molecule has 16 heavy (non-hydrogen) atoms. The van der Waals surface area contributed by atoms with Crippen LogP contribution in [0.2, 0.25) is 0 Å². The molecular formula is C13H16N2O. The van der Waals surface area contributed by atoms with Crippen LogP contribution >= 0.6 is 0 Å². The van der Waals surface area contributed by atoms with Gasteiger partial charge >= 0.3 is 0 Å². The highest BCUT2D eigenvalue weighted by atomic mass is 16.2. The number of rotatable bonds is 2. The molecule has 84 valence electrons. The fraction of sp³-hybridized carbons (Fsp3) is 0.385. The molecular weight excluding hydrogens is 200 g/mol. The Morgan fingerprint density at radius 3 is 2.75 bits per heavy atom. The molecule has 0 saturated carbocycles. The van der Waals surface area contributed by atoms with E-state index in [1.54, 1.807) is 5.01 Å². The van der Waals surface area contributed by atoms with E-state index < -0.39 is 0 Å². The van der Waals surface area contributed by atoms with Crippen LogP contribution in [0.25, 0.3) is 0 Å². The van der Waals surface area contributed by atoms with Crippen LogP contribution in [0.5, 0.6) is 0 Å². The second kappa shape index (κ2) is 4.08. The molecule has 0 radical (unpaired) electrons. The maximum Gasteiger partial charge on any atom is 0.253 e. The number of hydrazone groups is 1. The third kappa shape index (κ3) is 1.73. The molecule has 0 N–H and O–H groups in total. The fourth-order valence-electron chi connectivity index (χ4n) is 1.83. The van der Waals surface area contributed by atoms with Crippen molar-refractivity contribution >= 4 is 17.3 Å². The first kappa shape index (κ1) is 10.9. The number of nitrogens with zero attached hydrogens (tertiary/aromatic N) is 2. The Morgan fingerprint density at radius 1 is 1.38 bits per heavy atom. The van der Waals surface area contributed by atoms with Crippen molar-refractivity contribution in [3.05, 3.63) is 29.3 Å². The number of carbonyl (C=O) groups excluding carboxylic acids is 1. The average Bonchev–Trinajstić information content (AvgIpc) is 2.64. The maximum atomic E-state index is 11.8. The number of aryl methyl sites for hydroxylation is 1. The van der Waals surface area contributed by atoms with Crippen molar-refractivity contribution in [1.82, 2.24) is 0 Å². The number of hydrogen-bond acceptors (Lipinski definition) is 2. The standard InChI is InChI=1S/C13H16N2O/c1-4-11-8-13(16)15(14-11)12-7-5-6-9(2)10(12)3/h5-7H,4,8H2,1-3H3. The molecule has 0 aromatic heterocycles. The van der Waals surface area contributed by atoms with Crippen LogP contribution in [0.3, 0.4) is 0 Å². The summed E-state index contributed by atoms with van der Waals surface area (Å²) in [5.74, 6) is 0.0746. The number of carbonyl (C=O) groups is 1. The van der Waals surface area contributed by atoms with Gasteiger partial charge in [-0.1, -0.05) is 19.1 Å². The highest BCUT2D eigenvalue weighted by Gasteiger charge is 2.25. The molecule has 2 rings (SSSR count). The Morgan fingerprint density at radius 2 is 2.12 bits per heavy atom. The summed E-state index contributed by atoms with van der Waals surface area (Å²) in [6.07, 6.45) is 1.30. The quantitative estimate of drug-likeness (QED) is 0.748. The van der Waals surface area contributed by atoms with Crippen LogP contribution in [-0.4, -0.2) is 11.6 Å². The van der Waals surface area contributed by atoms with E-state index >= 15 is 0 Å². The van der Waals surface area contributed by atoms with E-state index in [0.29, 0.717) is 6.42 Å². The second-order valence-corrected chi connectivity index (χ2v) is 4.12. The lowest BCUT2D eigenvalue weighted by atomic mass is 10.1. The zero-order valence-corrected chi connectivity index (χ0v) is 9.95. The van der Waals surface area contributed by atoms with Gasteiger partial charge in [0, 0.05) is 5.71 Å². The summed E-state index contributed by atoms with van der Waals surface area (Å²) in [4.78, 5) is 11.8. The minimum absolute atomic E-state index is 0.0746. The van der Waals surface area contributed by atoms with E-state index in [0.717, 1.165) is 23.4 Å². The number of hydrogen-bond donors (Lipinski definition) is 0. The molecule has 3 nitrogen and oxygen atoms in total. The minimum atomic E-state index is 0.0746. The van der Waals surface area contributed by atoms with Crippen molar-refractivity contribution in [3.63, 3.8) is 0 Å². The first-order valence-electron chi connectivity index (χ1n) is 5.59. The number of amides is 1. The van der Waals surface area contributed by atoms with Crippen LogP contribution < -0.4 is 5.01 Å². The first-order valence-corrected chi connectivity index (χ1v) is 5.59. The lowest BCUT2D eigenvalue weighted by Crippen LogP contribution is -2.20. The molecule has 0 atom stereocenters. The number of benzene rings is 1. The molecule has 0 unspecified atom stereocenters. The fourth-order valence-corrected chi connectivity index (χ4v) is 1.83. The molecule has 1 heterocycles. The van der Waals surface area contributed by atoms with E-state index in [-0.39, 0.29) is 5.91 Å². The van der Waals surface area contributed by atoms with Gasteiger partial charge in [0.05, 0.1) is 12.1 Å². The summed E-state index contributed by atoms with van der Waals surface area (Å²) in [7, 11) is 0. The monoisotopic (exact) mass is 216 g/mol. The first-order chi connectivity index (χ1) is 7.63. The Kier molecular flexibility index (Phi) is 2.77. The molecule has 0 aliphatic carbocycles. The van der Waals surface area contributed by atoms with Crippen molar-refractivity contribution in [2.75, 3.05) is 5.01 Å². The largest absolute Gasteiger partial charge is 0.272 e. The van der Waals surface area contributed by atoms with Crippen molar-refractivity contribution in [3.8, 4) is 0 Å². The van der Waals surface area contributed by atoms with Crippen molar-refractivity contribution < 1.29 is 4.79 Å². The smallest absolute Gasteiger partial charge is 0.253 e. The topological polar surface area (TPSA) is 32.7 Å². The predicted molar refractivity (Wildman–Crippen MR) is 65.7 cm³/mol. The summed E-state index contributed by atoms with van der Waals surface area (Å²) in [5.41, 5.74) is 4.18. The Labute approximate surface area is 95.8 Å². The highest BCUT2D eigenvalue weighted by molar-refractivity contribution is 6.13. The second-order valence-electron chi connectivity index (χ2n) is 4.12. The van der Waals surface area contributed by atoms with Crippen molar-refractivity contribution in [2.24, 2.45) is 5.10 Å². The lowest BCUT2D eigenvalue weighted by Gasteiger charge is -2.15. The summed E-state index contributed by atoms with van der Waals surface area (Å²) < 4.78 is 0. The van der Waals surface area contributed by atoms with Crippen LogP contribution in [0.15, 0.2) is 23.3 Å². The van der Waals surface area contributed by atoms with Gasteiger partial charge in [-0.3, -0.25) is 4.79 Å². The van der Waals surface area contributed by atoms with Gasteiger partial charge in [-0.25, -0.2) is 5.01 Å². The highest BCUT2D eigenvalue weighted by Crippen LogP contribution is 2.26. The van der Waals surface area contributed by atoms with Gasteiger partial charge in [0.15, 0.2) is 0 Å².